The highest BCUT2D eigenvalue weighted by atomic mass is 19.4. The molecule has 0 saturated carbocycles. The van der Waals surface area contributed by atoms with Crippen LogP contribution in [0.15, 0.2) is 29.3 Å². The summed E-state index contributed by atoms with van der Waals surface area (Å²) in [5.41, 5.74) is -0.979. The summed E-state index contributed by atoms with van der Waals surface area (Å²) in [6.45, 7) is 10.3. The van der Waals surface area contributed by atoms with Crippen molar-refractivity contribution in [1.82, 2.24) is 9.80 Å². The molecule has 0 aromatic heterocycles. The van der Waals surface area contributed by atoms with Gasteiger partial charge in [0.05, 0.1) is 12.2 Å². The third-order valence-corrected chi connectivity index (χ3v) is 4.27. The molecule has 0 bridgehead atoms. The maximum absolute atomic E-state index is 12.9. The number of rotatable bonds is 4. The number of halogens is 3. The van der Waals surface area contributed by atoms with E-state index in [0.717, 1.165) is 31.8 Å². The van der Waals surface area contributed by atoms with E-state index >= 15 is 0 Å². The van der Waals surface area contributed by atoms with Crippen LogP contribution < -0.4 is 0 Å². The highest BCUT2D eigenvalue weighted by Crippen LogP contribution is 2.29. The standard InChI is InChI=1S/C19H26F3N3O2/c1-4-24-8-10-25(11-9-24)18(27-13-14(2)3)23-17(26)15-6-5-7-16(12-15)19(20,21)22/h5-7,12,14H,4,8-11,13H2,1-3H3. The largest absolute Gasteiger partial charge is 0.465 e. The van der Waals surface area contributed by atoms with Gasteiger partial charge in [-0.3, -0.25) is 4.79 Å². The van der Waals surface area contributed by atoms with E-state index in [1.165, 1.54) is 12.1 Å². The molecule has 0 radical (unpaired) electrons. The van der Waals surface area contributed by atoms with E-state index in [9.17, 15) is 18.0 Å². The molecule has 1 fully saturated rings. The van der Waals surface area contributed by atoms with Crippen molar-refractivity contribution in [3.63, 3.8) is 0 Å². The van der Waals surface area contributed by atoms with Gasteiger partial charge in [0, 0.05) is 31.7 Å². The van der Waals surface area contributed by atoms with Crippen LogP contribution in [-0.2, 0) is 10.9 Å². The van der Waals surface area contributed by atoms with Crippen molar-refractivity contribution in [3.05, 3.63) is 35.4 Å². The number of benzene rings is 1. The second-order valence-corrected chi connectivity index (χ2v) is 6.90. The Morgan fingerprint density at radius 3 is 2.44 bits per heavy atom. The van der Waals surface area contributed by atoms with Crippen LogP contribution in [0.25, 0.3) is 0 Å². The molecule has 0 N–H and O–H groups in total. The van der Waals surface area contributed by atoms with Crippen LogP contribution in [0.1, 0.15) is 36.7 Å². The lowest BCUT2D eigenvalue weighted by Gasteiger charge is -2.35. The molecule has 0 unspecified atom stereocenters. The van der Waals surface area contributed by atoms with Crippen molar-refractivity contribution in [2.75, 3.05) is 39.3 Å². The Morgan fingerprint density at radius 1 is 1.22 bits per heavy atom. The summed E-state index contributed by atoms with van der Waals surface area (Å²) < 4.78 is 44.4. The minimum Gasteiger partial charge on any atom is -0.465 e. The second-order valence-electron chi connectivity index (χ2n) is 6.90. The first-order valence-corrected chi connectivity index (χ1v) is 9.11. The Labute approximate surface area is 157 Å². The van der Waals surface area contributed by atoms with Crippen LogP contribution in [0, 0.1) is 5.92 Å². The van der Waals surface area contributed by atoms with Gasteiger partial charge in [0.2, 0.25) is 0 Å². The monoisotopic (exact) mass is 385 g/mol. The lowest BCUT2D eigenvalue weighted by molar-refractivity contribution is -0.137. The number of hydrogen-bond donors (Lipinski definition) is 0. The number of hydrogen-bond acceptors (Lipinski definition) is 3. The van der Waals surface area contributed by atoms with Crippen LogP contribution in [-0.4, -0.2) is 61.1 Å². The SMILES string of the molecule is CCN1CCN(C(=NC(=O)c2cccc(C(F)(F)F)c2)OCC(C)C)CC1. The summed E-state index contributed by atoms with van der Waals surface area (Å²) in [7, 11) is 0. The van der Waals surface area contributed by atoms with Gasteiger partial charge in [0.15, 0.2) is 0 Å². The van der Waals surface area contributed by atoms with E-state index in [1.54, 1.807) is 0 Å². The predicted molar refractivity (Wildman–Crippen MR) is 97.7 cm³/mol. The zero-order valence-electron chi connectivity index (χ0n) is 15.9. The third kappa shape index (κ3) is 6.23. The van der Waals surface area contributed by atoms with Gasteiger partial charge in [0.1, 0.15) is 0 Å². The number of aliphatic imine (C=N–C) groups is 1. The number of ether oxygens (including phenoxy) is 1. The van der Waals surface area contributed by atoms with Crippen molar-refractivity contribution in [1.29, 1.82) is 0 Å². The van der Waals surface area contributed by atoms with Gasteiger partial charge >= 0.3 is 6.18 Å². The van der Waals surface area contributed by atoms with E-state index in [4.69, 9.17) is 4.74 Å². The zero-order chi connectivity index (χ0) is 20.0. The molecule has 1 heterocycles. The summed E-state index contributed by atoms with van der Waals surface area (Å²) >= 11 is 0. The highest BCUT2D eigenvalue weighted by molar-refractivity contribution is 6.01. The molecule has 150 valence electrons. The molecular weight excluding hydrogens is 359 g/mol. The first-order valence-electron chi connectivity index (χ1n) is 9.11. The molecule has 8 heteroatoms. The molecule has 1 aromatic rings. The molecule has 1 aliphatic rings. The Morgan fingerprint density at radius 2 is 1.89 bits per heavy atom. The molecule has 1 amide bonds. The van der Waals surface area contributed by atoms with Gasteiger partial charge in [-0.1, -0.05) is 26.8 Å². The van der Waals surface area contributed by atoms with Crippen LogP contribution in [0.3, 0.4) is 0 Å². The summed E-state index contributed by atoms with van der Waals surface area (Å²) in [6.07, 6.45) is -4.51. The van der Waals surface area contributed by atoms with E-state index < -0.39 is 17.6 Å². The van der Waals surface area contributed by atoms with Crippen molar-refractivity contribution in [2.24, 2.45) is 10.9 Å². The lowest BCUT2D eigenvalue weighted by atomic mass is 10.1. The van der Waals surface area contributed by atoms with Crippen molar-refractivity contribution >= 4 is 11.9 Å². The topological polar surface area (TPSA) is 45.1 Å². The van der Waals surface area contributed by atoms with Crippen LogP contribution in [0.2, 0.25) is 0 Å². The van der Waals surface area contributed by atoms with Gasteiger partial charge in [-0.2, -0.15) is 18.2 Å². The third-order valence-electron chi connectivity index (χ3n) is 4.27. The number of amidine groups is 1. The predicted octanol–water partition coefficient (Wildman–Crippen LogP) is 3.51. The maximum atomic E-state index is 12.9. The van der Waals surface area contributed by atoms with Gasteiger partial charge < -0.3 is 14.5 Å². The normalized spacial score (nSPS) is 16.7. The second kappa shape index (κ2) is 9.21. The number of carbonyl (C=O) groups excluding carboxylic acids is 1. The maximum Gasteiger partial charge on any atom is 0.416 e. The quantitative estimate of drug-likeness (QED) is 0.588. The van der Waals surface area contributed by atoms with Crippen molar-refractivity contribution < 1.29 is 22.7 Å². The fraction of sp³-hybridized carbons (Fsp3) is 0.579. The number of amides is 1. The fourth-order valence-corrected chi connectivity index (χ4v) is 2.67. The number of carbonyl (C=O) groups is 1. The van der Waals surface area contributed by atoms with Crippen LogP contribution in [0.5, 0.6) is 0 Å². The Hall–Kier alpha value is -2.09. The smallest absolute Gasteiger partial charge is 0.416 e. The first-order chi connectivity index (χ1) is 12.7. The van der Waals surface area contributed by atoms with Crippen molar-refractivity contribution in [3.8, 4) is 0 Å². The summed E-state index contributed by atoms with van der Waals surface area (Å²) in [4.78, 5) is 20.6. The average Bonchev–Trinajstić information content (AvgIpc) is 2.64. The number of alkyl halides is 3. The summed E-state index contributed by atoms with van der Waals surface area (Å²) in [5.74, 6) is -0.506. The number of piperazine rings is 1. The van der Waals surface area contributed by atoms with Crippen LogP contribution in [0.4, 0.5) is 13.2 Å². The molecule has 2 rings (SSSR count). The molecular formula is C19H26F3N3O2. The Balaban J connectivity index is 2.21. The van der Waals surface area contributed by atoms with Crippen molar-refractivity contribution in [2.45, 2.75) is 26.9 Å². The average molecular weight is 385 g/mol. The fourth-order valence-electron chi connectivity index (χ4n) is 2.67. The van der Waals surface area contributed by atoms with E-state index in [0.29, 0.717) is 19.7 Å². The summed E-state index contributed by atoms with van der Waals surface area (Å²) in [6, 6.07) is 4.47. The first kappa shape index (κ1) is 21.2. The summed E-state index contributed by atoms with van der Waals surface area (Å²) in [5, 5.41) is 0. The molecule has 5 nitrogen and oxygen atoms in total. The molecule has 1 aliphatic heterocycles. The molecule has 0 atom stereocenters. The van der Waals surface area contributed by atoms with Gasteiger partial charge in [0.25, 0.3) is 11.9 Å². The lowest BCUT2D eigenvalue weighted by Crippen LogP contribution is -2.49. The Kier molecular flexibility index (Phi) is 7.24. The molecule has 0 spiro atoms. The number of likely N-dealkylation sites (N-methyl/N-ethyl adjacent to an activating group) is 1. The van der Waals surface area contributed by atoms with Gasteiger partial charge in [-0.25, -0.2) is 0 Å². The Bertz CT molecular complexity index is 666. The van der Waals surface area contributed by atoms with E-state index in [1.807, 2.05) is 18.7 Å². The minimum absolute atomic E-state index is 0.109. The minimum atomic E-state index is -4.51. The van der Waals surface area contributed by atoms with Gasteiger partial charge in [-0.15, -0.1) is 0 Å². The zero-order valence-corrected chi connectivity index (χ0v) is 15.9. The highest BCUT2D eigenvalue weighted by Gasteiger charge is 2.31. The van der Waals surface area contributed by atoms with Crippen LogP contribution >= 0.6 is 0 Å². The molecule has 1 aromatic carbocycles. The van der Waals surface area contributed by atoms with Gasteiger partial charge in [-0.05, 0) is 30.7 Å². The molecule has 27 heavy (non-hydrogen) atoms. The number of nitrogens with zero attached hydrogens (tertiary/aromatic N) is 3. The molecule has 0 aliphatic carbocycles. The molecule has 1 saturated heterocycles. The van der Waals surface area contributed by atoms with E-state index in [2.05, 4.69) is 16.8 Å². The van der Waals surface area contributed by atoms with E-state index in [-0.39, 0.29) is 17.5 Å².